The zero-order chi connectivity index (χ0) is 18.2. The summed E-state index contributed by atoms with van der Waals surface area (Å²) in [5, 5.41) is 6.56. The molecular formula is C19H31N3O3. The van der Waals surface area contributed by atoms with Gasteiger partial charge in [-0.05, 0) is 19.4 Å². The molecule has 1 aromatic carbocycles. The van der Waals surface area contributed by atoms with E-state index in [1.165, 1.54) is 0 Å². The van der Waals surface area contributed by atoms with Crippen molar-refractivity contribution in [1.29, 1.82) is 0 Å². The summed E-state index contributed by atoms with van der Waals surface area (Å²) >= 11 is 0. The van der Waals surface area contributed by atoms with Gasteiger partial charge in [0.2, 0.25) is 0 Å². The first kappa shape index (κ1) is 21.0. The third-order valence-electron chi connectivity index (χ3n) is 3.27. The van der Waals surface area contributed by atoms with Crippen molar-refractivity contribution in [1.82, 2.24) is 10.6 Å². The van der Waals surface area contributed by atoms with Gasteiger partial charge in [0.1, 0.15) is 12.4 Å². The second-order valence-electron chi connectivity index (χ2n) is 5.29. The van der Waals surface area contributed by atoms with E-state index < -0.39 is 0 Å². The van der Waals surface area contributed by atoms with Crippen LogP contribution in [-0.2, 0) is 16.0 Å². The third kappa shape index (κ3) is 9.74. The zero-order valence-corrected chi connectivity index (χ0v) is 15.4. The number of hydrogen-bond acceptors (Lipinski definition) is 4. The minimum atomic E-state index is 0.488. The van der Waals surface area contributed by atoms with Gasteiger partial charge in [0.25, 0.3) is 0 Å². The Morgan fingerprint density at radius 1 is 1.20 bits per heavy atom. The lowest BCUT2D eigenvalue weighted by atomic mass is 10.2. The summed E-state index contributed by atoms with van der Waals surface area (Å²) in [6, 6.07) is 7.92. The first-order valence-corrected chi connectivity index (χ1v) is 8.72. The van der Waals surface area contributed by atoms with E-state index in [2.05, 4.69) is 22.2 Å². The summed E-state index contributed by atoms with van der Waals surface area (Å²) in [6.07, 6.45) is 2.65. The van der Waals surface area contributed by atoms with Crippen molar-refractivity contribution >= 4 is 5.96 Å². The van der Waals surface area contributed by atoms with Crippen molar-refractivity contribution in [2.24, 2.45) is 4.99 Å². The summed E-state index contributed by atoms with van der Waals surface area (Å²) in [4.78, 5) is 4.63. The molecule has 1 aromatic rings. The molecule has 0 heterocycles. The van der Waals surface area contributed by atoms with Crippen molar-refractivity contribution in [3.05, 3.63) is 42.5 Å². The molecule has 0 aromatic heterocycles. The average Bonchev–Trinajstić information content (AvgIpc) is 2.64. The van der Waals surface area contributed by atoms with E-state index in [0.717, 1.165) is 36.8 Å². The molecule has 2 N–H and O–H groups in total. The zero-order valence-electron chi connectivity index (χ0n) is 15.4. The molecule has 6 heteroatoms. The Morgan fingerprint density at radius 2 is 2.04 bits per heavy atom. The first-order chi connectivity index (χ1) is 12.3. The smallest absolute Gasteiger partial charge is 0.191 e. The Balaban J connectivity index is 2.45. The molecule has 0 fully saturated rings. The Hall–Kier alpha value is -2.05. The molecule has 25 heavy (non-hydrogen) atoms. The molecule has 6 nitrogen and oxygen atoms in total. The van der Waals surface area contributed by atoms with E-state index in [4.69, 9.17) is 14.2 Å². The van der Waals surface area contributed by atoms with Crippen LogP contribution in [0.4, 0.5) is 0 Å². The minimum absolute atomic E-state index is 0.488. The van der Waals surface area contributed by atoms with Gasteiger partial charge in [-0.2, -0.15) is 0 Å². The van der Waals surface area contributed by atoms with Gasteiger partial charge in [-0.15, -0.1) is 0 Å². The predicted octanol–water partition coefficient (Wildman–Crippen LogP) is 2.36. The Bertz CT molecular complexity index is 506. The quantitative estimate of drug-likeness (QED) is 0.248. The van der Waals surface area contributed by atoms with Gasteiger partial charge in [0.15, 0.2) is 5.96 Å². The lowest BCUT2D eigenvalue weighted by Gasteiger charge is -2.12. The molecule has 0 saturated carbocycles. The van der Waals surface area contributed by atoms with Crippen LogP contribution in [0, 0.1) is 0 Å². The normalized spacial score (nSPS) is 11.2. The molecular weight excluding hydrogens is 318 g/mol. The lowest BCUT2D eigenvalue weighted by Crippen LogP contribution is -2.38. The molecule has 0 aliphatic carbocycles. The van der Waals surface area contributed by atoms with Gasteiger partial charge in [-0.1, -0.05) is 30.9 Å². The summed E-state index contributed by atoms with van der Waals surface area (Å²) in [7, 11) is 1.67. The van der Waals surface area contributed by atoms with Crippen LogP contribution in [0.1, 0.15) is 18.9 Å². The Morgan fingerprint density at radius 3 is 2.80 bits per heavy atom. The van der Waals surface area contributed by atoms with Crippen LogP contribution < -0.4 is 15.4 Å². The molecule has 0 amide bonds. The topological polar surface area (TPSA) is 64.1 Å². The summed E-state index contributed by atoms with van der Waals surface area (Å²) in [5.41, 5.74) is 1.05. The summed E-state index contributed by atoms with van der Waals surface area (Å²) < 4.78 is 16.1. The highest BCUT2D eigenvalue weighted by atomic mass is 16.5. The number of guanidine groups is 1. The van der Waals surface area contributed by atoms with Gasteiger partial charge in [-0.25, -0.2) is 4.99 Å². The molecule has 0 aliphatic heterocycles. The summed E-state index contributed by atoms with van der Waals surface area (Å²) in [5.74, 6) is 1.63. The fraction of sp³-hybridized carbons (Fsp3) is 0.526. The molecule has 0 saturated heterocycles. The molecule has 0 spiro atoms. The highest BCUT2D eigenvalue weighted by Gasteiger charge is 2.03. The van der Waals surface area contributed by atoms with Crippen LogP contribution in [0.15, 0.2) is 41.9 Å². The van der Waals surface area contributed by atoms with E-state index in [-0.39, 0.29) is 0 Å². The molecule has 0 atom stereocenters. The molecule has 140 valence electrons. The van der Waals surface area contributed by atoms with Crippen molar-refractivity contribution in [3.8, 4) is 5.75 Å². The number of aliphatic imine (C=N–C) groups is 1. The fourth-order valence-corrected chi connectivity index (χ4v) is 2.06. The van der Waals surface area contributed by atoms with Crippen LogP contribution in [0.25, 0.3) is 0 Å². The number of hydrogen-bond donors (Lipinski definition) is 2. The largest absolute Gasteiger partial charge is 0.489 e. The van der Waals surface area contributed by atoms with Gasteiger partial charge >= 0.3 is 0 Å². The number of para-hydroxylation sites is 1. The van der Waals surface area contributed by atoms with Crippen molar-refractivity contribution in [3.63, 3.8) is 0 Å². The van der Waals surface area contributed by atoms with E-state index in [1.807, 2.05) is 31.2 Å². The first-order valence-electron chi connectivity index (χ1n) is 8.72. The maximum Gasteiger partial charge on any atom is 0.191 e. The number of benzene rings is 1. The number of rotatable bonds is 13. The second-order valence-corrected chi connectivity index (χ2v) is 5.29. The minimum Gasteiger partial charge on any atom is -0.489 e. The van der Waals surface area contributed by atoms with E-state index in [1.54, 1.807) is 13.2 Å². The standard InChI is InChI=1S/C19H31N3O3/c1-4-12-25-18-10-7-6-9-17(18)16-22-19(20-5-2)21-11-8-13-24-15-14-23-3/h4,6-7,9-10H,1,5,8,11-16H2,2-3H3,(H2,20,21,22). The van der Waals surface area contributed by atoms with Gasteiger partial charge in [0, 0.05) is 32.4 Å². The predicted molar refractivity (Wildman–Crippen MR) is 102 cm³/mol. The average molecular weight is 349 g/mol. The van der Waals surface area contributed by atoms with Crippen LogP contribution in [-0.4, -0.2) is 52.6 Å². The molecule has 0 bridgehead atoms. The molecule has 0 unspecified atom stereocenters. The fourth-order valence-electron chi connectivity index (χ4n) is 2.06. The van der Waals surface area contributed by atoms with Crippen molar-refractivity contribution in [2.45, 2.75) is 19.9 Å². The third-order valence-corrected chi connectivity index (χ3v) is 3.27. The number of nitrogens with one attached hydrogen (secondary N) is 2. The molecule has 0 aliphatic rings. The van der Waals surface area contributed by atoms with E-state index in [0.29, 0.717) is 33.0 Å². The van der Waals surface area contributed by atoms with E-state index >= 15 is 0 Å². The van der Waals surface area contributed by atoms with Gasteiger partial charge in [-0.3, -0.25) is 0 Å². The van der Waals surface area contributed by atoms with Crippen LogP contribution in [0.2, 0.25) is 0 Å². The number of methoxy groups -OCH3 is 1. The van der Waals surface area contributed by atoms with Crippen LogP contribution in [0.3, 0.4) is 0 Å². The molecule has 0 radical (unpaired) electrons. The van der Waals surface area contributed by atoms with Crippen LogP contribution in [0.5, 0.6) is 5.75 Å². The maximum absolute atomic E-state index is 5.67. The monoisotopic (exact) mass is 349 g/mol. The highest BCUT2D eigenvalue weighted by Crippen LogP contribution is 2.18. The Kier molecular flexibility index (Phi) is 12.0. The highest BCUT2D eigenvalue weighted by molar-refractivity contribution is 5.79. The molecule has 1 rings (SSSR count). The SMILES string of the molecule is C=CCOc1ccccc1CN=C(NCC)NCCCOCCOC. The number of nitrogens with zero attached hydrogens (tertiary/aromatic N) is 1. The second kappa shape index (κ2) is 14.3. The van der Waals surface area contributed by atoms with Gasteiger partial charge in [0.05, 0.1) is 19.8 Å². The number of ether oxygens (including phenoxy) is 3. The Labute approximate surface area is 151 Å². The van der Waals surface area contributed by atoms with Crippen LogP contribution >= 0.6 is 0 Å². The maximum atomic E-state index is 5.67. The summed E-state index contributed by atoms with van der Waals surface area (Å²) in [6.45, 7) is 10.3. The van der Waals surface area contributed by atoms with Crippen molar-refractivity contribution in [2.75, 3.05) is 46.6 Å². The van der Waals surface area contributed by atoms with Crippen molar-refractivity contribution < 1.29 is 14.2 Å². The van der Waals surface area contributed by atoms with Gasteiger partial charge < -0.3 is 24.8 Å². The lowest BCUT2D eigenvalue weighted by molar-refractivity contribution is 0.0698. The van der Waals surface area contributed by atoms with E-state index in [9.17, 15) is 0 Å².